The van der Waals surface area contributed by atoms with E-state index in [4.69, 9.17) is 0 Å². The molecule has 3 N–H and O–H groups in total. The average Bonchev–Trinajstić information content (AvgIpc) is 3.25. The summed E-state index contributed by atoms with van der Waals surface area (Å²) in [7, 11) is 0. The van der Waals surface area contributed by atoms with Gasteiger partial charge >= 0.3 is 0 Å². The maximum Gasteiger partial charge on any atom is 0.293 e. The van der Waals surface area contributed by atoms with Crippen LogP contribution in [0.25, 0.3) is 10.9 Å². The number of carbonyl (C=O) groups is 1. The maximum atomic E-state index is 12.8. The van der Waals surface area contributed by atoms with E-state index in [0.29, 0.717) is 18.8 Å². The van der Waals surface area contributed by atoms with E-state index >= 15 is 0 Å². The zero-order chi connectivity index (χ0) is 21.6. The number of aromatic nitrogens is 3. The molecule has 0 unspecified atom stereocenters. The van der Waals surface area contributed by atoms with Gasteiger partial charge in [-0.1, -0.05) is 36.4 Å². The van der Waals surface area contributed by atoms with Crippen LogP contribution >= 0.6 is 0 Å². The first kappa shape index (κ1) is 20.4. The summed E-state index contributed by atoms with van der Waals surface area (Å²) in [5.41, 5.74) is 3.59. The Balaban J connectivity index is 0.00000193. The molecule has 4 aromatic rings. The van der Waals surface area contributed by atoms with Gasteiger partial charge in [0.05, 0.1) is 0 Å². The van der Waals surface area contributed by atoms with Crippen LogP contribution in [0, 0.1) is 6.92 Å². The second-order valence-electron chi connectivity index (χ2n) is 7.48. The summed E-state index contributed by atoms with van der Waals surface area (Å²) in [4.78, 5) is 32.7. The Labute approximate surface area is 184 Å². The second-order valence-corrected chi connectivity index (χ2v) is 7.48. The Kier molecular flexibility index (Phi) is 6.12. The fraction of sp³-hybridized carbons (Fsp3) is 0.208. The van der Waals surface area contributed by atoms with Crippen molar-refractivity contribution >= 4 is 22.6 Å². The number of nitrogens with one attached hydrogen (secondary N) is 3. The highest BCUT2D eigenvalue weighted by atomic mass is 16.2. The summed E-state index contributed by atoms with van der Waals surface area (Å²) in [6.07, 6.45) is 4.28. The molecule has 4 rings (SSSR count). The quantitative estimate of drug-likeness (QED) is 0.404. The molecule has 0 bridgehead atoms. The van der Waals surface area contributed by atoms with Gasteiger partial charge in [-0.15, -0.1) is 0 Å². The number of rotatable bonds is 8. The molecule has 0 saturated heterocycles. The van der Waals surface area contributed by atoms with Gasteiger partial charge in [-0.05, 0) is 48.1 Å². The van der Waals surface area contributed by atoms with Crippen molar-refractivity contribution in [2.75, 3.05) is 11.9 Å². The van der Waals surface area contributed by atoms with Crippen molar-refractivity contribution in [2.45, 2.75) is 26.4 Å². The summed E-state index contributed by atoms with van der Waals surface area (Å²) in [6, 6.07) is 18.0. The van der Waals surface area contributed by atoms with Gasteiger partial charge in [-0.3, -0.25) is 14.2 Å². The Bertz CT molecular complexity index is 1260. The fourth-order valence-corrected chi connectivity index (χ4v) is 3.47. The molecule has 7 heteroatoms. The predicted molar refractivity (Wildman–Crippen MR) is 128 cm³/mol. The van der Waals surface area contributed by atoms with E-state index in [1.165, 1.54) is 10.1 Å². The van der Waals surface area contributed by atoms with Crippen LogP contribution in [0.3, 0.4) is 0 Å². The lowest BCUT2D eigenvalue weighted by Crippen LogP contribution is -2.34. The molecule has 0 aliphatic carbocycles. The van der Waals surface area contributed by atoms with E-state index in [-0.39, 0.29) is 28.1 Å². The third-order valence-electron chi connectivity index (χ3n) is 5.21. The largest absolute Gasteiger partial charge is 0.365 e. The highest BCUT2D eigenvalue weighted by molar-refractivity contribution is 5.80. The molecule has 0 aliphatic rings. The molecule has 0 aliphatic heterocycles. The molecule has 164 valence electrons. The number of H-pyrrole nitrogens is 1. The van der Waals surface area contributed by atoms with Crippen LogP contribution in [0.2, 0.25) is 0 Å². The van der Waals surface area contributed by atoms with Crippen molar-refractivity contribution in [1.29, 1.82) is 0 Å². The average molecular weight is 422 g/mol. The van der Waals surface area contributed by atoms with Gasteiger partial charge in [-0.2, -0.15) is 0 Å². The molecule has 0 spiro atoms. The molecule has 2 heterocycles. The van der Waals surface area contributed by atoms with Gasteiger partial charge < -0.3 is 15.6 Å². The standard InChI is InChI=1S/C24H25N5O2.3H2/c1-17-14-28-23(26-11-9-18-5-3-2-4-6-18)24(31)29(17)16-22(30)27-15-19-7-8-21-20(13-19)10-12-25-21;;;/h2-8,10,12-14,25H,9,11,15-16H2,1H3,(H,26,28)(H,27,30);3*1H. The number of nitrogens with zero attached hydrogens (tertiary/aromatic N) is 2. The molecule has 0 fully saturated rings. The number of aryl methyl sites for hydroxylation is 1. The zero-order valence-corrected chi connectivity index (χ0v) is 17.4. The third-order valence-corrected chi connectivity index (χ3v) is 5.21. The Morgan fingerprint density at radius 1 is 1.13 bits per heavy atom. The lowest BCUT2D eigenvalue weighted by Gasteiger charge is -2.13. The minimum absolute atomic E-state index is 0. The Hall–Kier alpha value is -3.87. The molecular formula is C24H31N5O2. The summed E-state index contributed by atoms with van der Waals surface area (Å²) >= 11 is 0. The highest BCUT2D eigenvalue weighted by Gasteiger charge is 2.11. The maximum absolute atomic E-state index is 12.8. The van der Waals surface area contributed by atoms with E-state index in [0.717, 1.165) is 22.9 Å². The van der Waals surface area contributed by atoms with Crippen molar-refractivity contribution in [2.24, 2.45) is 0 Å². The lowest BCUT2D eigenvalue weighted by molar-refractivity contribution is -0.121. The van der Waals surface area contributed by atoms with Crippen LogP contribution < -0.4 is 16.2 Å². The molecular weight excluding hydrogens is 390 g/mol. The van der Waals surface area contributed by atoms with Gasteiger partial charge in [0, 0.05) is 41.0 Å². The molecule has 0 radical (unpaired) electrons. The smallest absolute Gasteiger partial charge is 0.293 e. The number of hydrogen-bond acceptors (Lipinski definition) is 4. The summed E-state index contributed by atoms with van der Waals surface area (Å²) in [5, 5.41) is 7.09. The minimum Gasteiger partial charge on any atom is -0.365 e. The number of fused-ring (bicyclic) bond motifs is 1. The van der Waals surface area contributed by atoms with Gasteiger partial charge in [0.1, 0.15) is 6.54 Å². The summed E-state index contributed by atoms with van der Waals surface area (Å²) in [6.45, 7) is 2.71. The molecule has 31 heavy (non-hydrogen) atoms. The van der Waals surface area contributed by atoms with Crippen molar-refractivity contribution in [1.82, 2.24) is 19.9 Å². The first-order valence-electron chi connectivity index (χ1n) is 10.3. The molecule has 2 aromatic heterocycles. The van der Waals surface area contributed by atoms with E-state index in [1.807, 2.05) is 60.8 Å². The monoisotopic (exact) mass is 421 g/mol. The SMILES string of the molecule is Cc1cnc(NCCc2ccccc2)c(=O)n1CC(=O)NCc1ccc2[nH]ccc2c1.[HH].[HH].[HH]. The van der Waals surface area contributed by atoms with Gasteiger partial charge in [0.25, 0.3) is 5.56 Å². The van der Waals surface area contributed by atoms with Crippen LogP contribution in [0.4, 0.5) is 5.82 Å². The molecule has 1 amide bonds. The number of amides is 1. The van der Waals surface area contributed by atoms with Crippen LogP contribution in [0.5, 0.6) is 0 Å². The zero-order valence-electron chi connectivity index (χ0n) is 17.4. The van der Waals surface area contributed by atoms with E-state index < -0.39 is 0 Å². The number of benzene rings is 2. The van der Waals surface area contributed by atoms with Crippen molar-refractivity contribution < 1.29 is 9.07 Å². The first-order valence-corrected chi connectivity index (χ1v) is 10.3. The molecule has 0 atom stereocenters. The molecule has 7 nitrogen and oxygen atoms in total. The van der Waals surface area contributed by atoms with Crippen LogP contribution in [-0.4, -0.2) is 27.0 Å². The van der Waals surface area contributed by atoms with E-state index in [1.54, 1.807) is 13.1 Å². The summed E-state index contributed by atoms with van der Waals surface area (Å²) in [5.74, 6) is 0.0352. The molecule has 2 aromatic carbocycles. The van der Waals surface area contributed by atoms with Crippen molar-refractivity contribution in [3.8, 4) is 0 Å². The summed E-state index contributed by atoms with van der Waals surface area (Å²) < 4.78 is 1.45. The number of carbonyl (C=O) groups excluding carboxylic acids is 1. The number of hydrogen-bond donors (Lipinski definition) is 3. The van der Waals surface area contributed by atoms with Gasteiger partial charge in [-0.25, -0.2) is 4.98 Å². The van der Waals surface area contributed by atoms with Crippen molar-refractivity contribution in [3.63, 3.8) is 0 Å². The van der Waals surface area contributed by atoms with E-state index in [2.05, 4.69) is 20.6 Å². The predicted octanol–water partition coefficient (Wildman–Crippen LogP) is 3.74. The van der Waals surface area contributed by atoms with Gasteiger partial charge in [0.15, 0.2) is 5.82 Å². The second kappa shape index (κ2) is 9.30. The fourth-order valence-electron chi connectivity index (χ4n) is 3.47. The lowest BCUT2D eigenvalue weighted by atomic mass is 10.1. The van der Waals surface area contributed by atoms with Gasteiger partial charge in [0.2, 0.25) is 5.91 Å². The Morgan fingerprint density at radius 2 is 1.97 bits per heavy atom. The molecule has 0 saturated carbocycles. The van der Waals surface area contributed by atoms with Crippen molar-refractivity contribution in [3.05, 3.63) is 94.2 Å². The van der Waals surface area contributed by atoms with Crippen LogP contribution in [0.15, 0.2) is 71.8 Å². The first-order chi connectivity index (χ1) is 15.1. The minimum atomic E-state index is -0.294. The Morgan fingerprint density at radius 3 is 2.81 bits per heavy atom. The van der Waals surface area contributed by atoms with Crippen LogP contribution in [0.1, 0.15) is 21.1 Å². The normalized spacial score (nSPS) is 10.9. The number of aromatic amines is 1. The number of anilines is 1. The third kappa shape index (κ3) is 5.01. The van der Waals surface area contributed by atoms with Crippen LogP contribution in [-0.2, 0) is 24.3 Å². The highest BCUT2D eigenvalue weighted by Crippen LogP contribution is 2.14. The van der Waals surface area contributed by atoms with E-state index in [9.17, 15) is 9.59 Å². The topological polar surface area (TPSA) is 91.8 Å².